The van der Waals surface area contributed by atoms with E-state index in [-0.39, 0.29) is 30.2 Å². The van der Waals surface area contributed by atoms with Gasteiger partial charge in [0.2, 0.25) is 5.91 Å². The Morgan fingerprint density at radius 3 is 2.27 bits per heavy atom. The Hall–Kier alpha value is -2.05. The zero-order chi connectivity index (χ0) is 21.9. The first kappa shape index (κ1) is 22.6. The molecule has 3 N–H and O–H groups in total. The zero-order valence-corrected chi connectivity index (χ0v) is 18.1. The summed E-state index contributed by atoms with van der Waals surface area (Å²) in [6.45, 7) is 6.03. The lowest BCUT2D eigenvalue weighted by Crippen LogP contribution is -2.57. The Balaban J connectivity index is 1.53. The predicted molar refractivity (Wildman–Crippen MR) is 112 cm³/mol. The van der Waals surface area contributed by atoms with Crippen LogP contribution in [0.1, 0.15) is 24.2 Å². The van der Waals surface area contributed by atoms with Gasteiger partial charge in [0, 0.05) is 39.3 Å². The highest BCUT2D eigenvalue weighted by atomic mass is 32.2. The number of rotatable bonds is 6. The lowest BCUT2D eigenvalue weighted by atomic mass is 10.1. The van der Waals surface area contributed by atoms with Gasteiger partial charge in [-0.25, -0.2) is 0 Å². The number of para-hydroxylation sites is 1. The Labute approximate surface area is 177 Å². The SMILES string of the molecule is C[C@@H]1CN(S(=O)(=O)N2CCN(CC(=O)Nc3ccccc3C(N)=O)CC2)C[C@@H](C)O1. The van der Waals surface area contributed by atoms with Gasteiger partial charge >= 0.3 is 0 Å². The molecule has 2 aliphatic heterocycles. The molecule has 0 radical (unpaired) electrons. The van der Waals surface area contributed by atoms with Crippen LogP contribution in [0.5, 0.6) is 0 Å². The maximum atomic E-state index is 13.0. The van der Waals surface area contributed by atoms with Crippen LogP contribution >= 0.6 is 0 Å². The Kier molecular flexibility index (Phi) is 7.09. The minimum atomic E-state index is -3.56. The molecule has 0 spiro atoms. The van der Waals surface area contributed by atoms with Gasteiger partial charge in [0.25, 0.3) is 16.1 Å². The second kappa shape index (κ2) is 9.40. The van der Waals surface area contributed by atoms with Gasteiger partial charge in [0.15, 0.2) is 0 Å². The van der Waals surface area contributed by atoms with Gasteiger partial charge in [0.05, 0.1) is 30.0 Å². The third-order valence-corrected chi connectivity index (χ3v) is 7.17. The quantitative estimate of drug-likeness (QED) is 0.627. The summed E-state index contributed by atoms with van der Waals surface area (Å²) in [5.41, 5.74) is 5.95. The van der Waals surface area contributed by atoms with Gasteiger partial charge < -0.3 is 15.8 Å². The molecule has 10 nitrogen and oxygen atoms in total. The number of hydrogen-bond acceptors (Lipinski definition) is 6. The molecule has 2 aliphatic rings. The van der Waals surface area contributed by atoms with Crippen molar-refractivity contribution in [2.24, 2.45) is 5.73 Å². The molecule has 2 heterocycles. The molecule has 0 saturated carbocycles. The van der Waals surface area contributed by atoms with E-state index < -0.39 is 16.1 Å². The number of benzene rings is 1. The van der Waals surface area contributed by atoms with Crippen molar-refractivity contribution in [3.63, 3.8) is 0 Å². The molecule has 30 heavy (non-hydrogen) atoms. The second-order valence-electron chi connectivity index (χ2n) is 7.72. The summed E-state index contributed by atoms with van der Waals surface area (Å²) in [6, 6.07) is 6.55. The van der Waals surface area contributed by atoms with Crippen LogP contribution in [0.15, 0.2) is 24.3 Å². The van der Waals surface area contributed by atoms with Crippen molar-refractivity contribution in [1.82, 2.24) is 13.5 Å². The molecular weight excluding hydrogens is 410 g/mol. The van der Waals surface area contributed by atoms with Crippen LogP contribution in [0.2, 0.25) is 0 Å². The molecule has 166 valence electrons. The maximum Gasteiger partial charge on any atom is 0.282 e. The maximum absolute atomic E-state index is 13.0. The van der Waals surface area contributed by atoms with E-state index in [1.54, 1.807) is 24.3 Å². The largest absolute Gasteiger partial charge is 0.373 e. The van der Waals surface area contributed by atoms with Gasteiger partial charge in [-0.3, -0.25) is 14.5 Å². The summed E-state index contributed by atoms with van der Waals surface area (Å²) in [7, 11) is -3.56. The van der Waals surface area contributed by atoms with Crippen molar-refractivity contribution in [1.29, 1.82) is 0 Å². The normalized spacial score (nSPS) is 24.5. The average molecular weight is 440 g/mol. The van der Waals surface area contributed by atoms with Crippen LogP contribution in [-0.4, -0.2) is 91.8 Å². The standard InChI is InChI=1S/C19H29N5O5S/c1-14-11-24(12-15(2)29-14)30(27,28)23-9-7-22(8-10-23)13-18(25)21-17-6-4-3-5-16(17)19(20)26/h3-6,14-15H,7-13H2,1-2H3,(H2,20,26)(H,21,25)/t14-,15-/m1/s1. The number of piperazine rings is 1. The predicted octanol–water partition coefficient (Wildman–Crippen LogP) is -0.304. The van der Waals surface area contributed by atoms with Crippen molar-refractivity contribution in [3.8, 4) is 0 Å². The molecule has 0 aliphatic carbocycles. The number of carbonyl (C=O) groups is 2. The van der Waals surface area contributed by atoms with Crippen LogP contribution in [-0.2, 0) is 19.7 Å². The number of hydrogen-bond donors (Lipinski definition) is 2. The molecule has 0 aromatic heterocycles. The van der Waals surface area contributed by atoms with Gasteiger partial charge in [-0.1, -0.05) is 12.1 Å². The van der Waals surface area contributed by atoms with Crippen molar-refractivity contribution >= 4 is 27.7 Å². The molecule has 1 aromatic carbocycles. The molecule has 11 heteroatoms. The van der Waals surface area contributed by atoms with E-state index in [1.807, 2.05) is 18.7 Å². The number of nitrogens with one attached hydrogen (secondary N) is 1. The number of nitrogens with zero attached hydrogens (tertiary/aromatic N) is 3. The summed E-state index contributed by atoms with van der Waals surface area (Å²) in [5.74, 6) is -0.896. The van der Waals surface area contributed by atoms with Crippen molar-refractivity contribution < 1.29 is 22.7 Å². The number of carbonyl (C=O) groups excluding carboxylic acids is 2. The van der Waals surface area contributed by atoms with Gasteiger partial charge in [-0.2, -0.15) is 17.0 Å². The van der Waals surface area contributed by atoms with E-state index in [2.05, 4.69) is 5.32 Å². The fraction of sp³-hybridized carbons (Fsp3) is 0.579. The minimum absolute atomic E-state index is 0.104. The molecule has 2 fully saturated rings. The molecule has 1 aromatic rings. The molecule has 0 bridgehead atoms. The Morgan fingerprint density at radius 2 is 1.67 bits per heavy atom. The summed E-state index contributed by atoms with van der Waals surface area (Å²) in [4.78, 5) is 25.8. The lowest BCUT2D eigenvalue weighted by Gasteiger charge is -2.40. The highest BCUT2D eigenvalue weighted by molar-refractivity contribution is 7.86. The van der Waals surface area contributed by atoms with E-state index in [1.165, 1.54) is 8.61 Å². The minimum Gasteiger partial charge on any atom is -0.373 e. The van der Waals surface area contributed by atoms with Crippen molar-refractivity contribution in [3.05, 3.63) is 29.8 Å². The summed E-state index contributed by atoms with van der Waals surface area (Å²) < 4.78 is 34.5. The molecule has 0 unspecified atom stereocenters. The average Bonchev–Trinajstić information content (AvgIpc) is 2.68. The molecule has 2 saturated heterocycles. The molecule has 2 amide bonds. The smallest absolute Gasteiger partial charge is 0.282 e. The summed E-state index contributed by atoms with van der Waals surface area (Å²) in [6.07, 6.45) is -0.284. The van der Waals surface area contributed by atoms with Crippen molar-refractivity contribution in [2.45, 2.75) is 26.1 Å². The van der Waals surface area contributed by atoms with Crippen LogP contribution in [0.3, 0.4) is 0 Å². The fourth-order valence-corrected chi connectivity index (χ4v) is 5.55. The number of primary amides is 1. The zero-order valence-electron chi connectivity index (χ0n) is 17.3. The molecular formula is C19H29N5O5S. The highest BCUT2D eigenvalue weighted by Crippen LogP contribution is 2.19. The number of morpholine rings is 1. The van der Waals surface area contributed by atoms with E-state index in [0.717, 1.165) is 0 Å². The summed E-state index contributed by atoms with van der Waals surface area (Å²) in [5, 5.41) is 2.71. The lowest BCUT2D eigenvalue weighted by molar-refractivity contribution is -0.117. The first-order valence-corrected chi connectivity index (χ1v) is 11.4. The van der Waals surface area contributed by atoms with Crippen LogP contribution in [0, 0.1) is 0 Å². The highest BCUT2D eigenvalue weighted by Gasteiger charge is 2.36. The number of nitrogens with two attached hydrogens (primary N) is 1. The van der Waals surface area contributed by atoms with E-state index in [4.69, 9.17) is 10.5 Å². The van der Waals surface area contributed by atoms with Gasteiger partial charge in [-0.15, -0.1) is 0 Å². The molecule has 2 atom stereocenters. The van der Waals surface area contributed by atoms with E-state index >= 15 is 0 Å². The monoisotopic (exact) mass is 439 g/mol. The van der Waals surface area contributed by atoms with E-state index in [9.17, 15) is 18.0 Å². The second-order valence-corrected chi connectivity index (χ2v) is 9.64. The third-order valence-electron chi connectivity index (χ3n) is 5.20. The van der Waals surface area contributed by atoms with Gasteiger partial charge in [0.1, 0.15) is 0 Å². The number of anilines is 1. The third kappa shape index (κ3) is 5.35. The van der Waals surface area contributed by atoms with Crippen LogP contribution in [0.4, 0.5) is 5.69 Å². The first-order valence-electron chi connectivity index (χ1n) is 9.98. The Morgan fingerprint density at radius 1 is 1.07 bits per heavy atom. The number of amides is 2. The number of ether oxygens (including phenoxy) is 1. The van der Waals surface area contributed by atoms with Gasteiger partial charge in [-0.05, 0) is 26.0 Å². The topological polar surface area (TPSA) is 125 Å². The molecule has 3 rings (SSSR count). The summed E-state index contributed by atoms with van der Waals surface area (Å²) >= 11 is 0. The van der Waals surface area contributed by atoms with Crippen LogP contribution < -0.4 is 11.1 Å². The fourth-order valence-electron chi connectivity index (χ4n) is 3.80. The van der Waals surface area contributed by atoms with E-state index in [0.29, 0.717) is 45.0 Å². The first-order chi connectivity index (χ1) is 14.2. The van der Waals surface area contributed by atoms with Crippen LogP contribution in [0.25, 0.3) is 0 Å². The van der Waals surface area contributed by atoms with Crippen molar-refractivity contribution in [2.75, 3.05) is 51.1 Å². The Bertz CT molecular complexity index is 875.